The van der Waals surface area contributed by atoms with E-state index in [2.05, 4.69) is 21.2 Å². The van der Waals surface area contributed by atoms with Crippen molar-refractivity contribution in [3.05, 3.63) is 38.3 Å². The number of nitrogens with one attached hydrogen (secondary N) is 1. The highest BCUT2D eigenvalue weighted by Gasteiger charge is 2.20. The average Bonchev–Trinajstić information content (AvgIpc) is 2.38. The number of hydrogen-bond acceptors (Lipinski definition) is 4. The number of halogens is 1. The van der Waals surface area contributed by atoms with Crippen LogP contribution in [0.15, 0.2) is 22.7 Å². The van der Waals surface area contributed by atoms with Crippen LogP contribution < -0.4 is 5.32 Å². The van der Waals surface area contributed by atoms with Crippen LogP contribution >= 0.6 is 15.9 Å². The van der Waals surface area contributed by atoms with Gasteiger partial charge in [0.15, 0.2) is 0 Å². The number of amides is 1. The highest BCUT2D eigenvalue weighted by atomic mass is 79.9. The first-order chi connectivity index (χ1) is 8.58. The number of nitro groups is 1. The number of carbonyl (C=O) groups excluding carboxylic acids is 1. The molecule has 1 heterocycles. The molecule has 0 atom stereocenters. The van der Waals surface area contributed by atoms with Gasteiger partial charge in [-0.2, -0.15) is 0 Å². The van der Waals surface area contributed by atoms with Crippen LogP contribution in [0.4, 0.5) is 5.69 Å². The van der Waals surface area contributed by atoms with E-state index in [1.165, 1.54) is 12.1 Å². The van der Waals surface area contributed by atoms with E-state index in [0.29, 0.717) is 23.1 Å². The van der Waals surface area contributed by atoms with E-state index < -0.39 is 4.92 Å². The smallest absolute Gasteiger partial charge is 0.271 e. The van der Waals surface area contributed by atoms with E-state index >= 15 is 0 Å². The largest absolute Gasteiger partial charge is 0.336 e. The van der Waals surface area contributed by atoms with Crippen molar-refractivity contribution < 1.29 is 9.72 Å². The number of benzene rings is 1. The molecular formula is C11H12BrN3O3. The number of piperazine rings is 1. The third kappa shape index (κ3) is 2.85. The van der Waals surface area contributed by atoms with E-state index in [1.807, 2.05) is 0 Å². The molecule has 7 heteroatoms. The molecule has 0 bridgehead atoms. The topological polar surface area (TPSA) is 75.5 Å². The molecule has 1 N–H and O–H groups in total. The Morgan fingerprint density at radius 1 is 1.33 bits per heavy atom. The Morgan fingerprint density at radius 2 is 2.00 bits per heavy atom. The number of carbonyl (C=O) groups is 1. The van der Waals surface area contributed by atoms with Crippen molar-refractivity contribution in [2.24, 2.45) is 0 Å². The Bertz CT molecular complexity index is 486. The first-order valence-electron chi connectivity index (χ1n) is 5.53. The van der Waals surface area contributed by atoms with Gasteiger partial charge in [0, 0.05) is 48.3 Å². The maximum absolute atomic E-state index is 12.2. The molecule has 1 fully saturated rings. The summed E-state index contributed by atoms with van der Waals surface area (Å²) < 4.78 is 0.537. The lowest BCUT2D eigenvalue weighted by atomic mass is 10.1. The summed E-state index contributed by atoms with van der Waals surface area (Å²) in [5.41, 5.74) is 0.265. The second-order valence-corrected chi connectivity index (χ2v) is 4.91. The van der Waals surface area contributed by atoms with Crippen LogP contribution in [0, 0.1) is 10.1 Å². The number of nitrogens with zero attached hydrogens (tertiary/aromatic N) is 2. The second-order valence-electron chi connectivity index (χ2n) is 4.00. The molecule has 0 radical (unpaired) electrons. The van der Waals surface area contributed by atoms with Crippen LogP contribution in [0.5, 0.6) is 0 Å². The van der Waals surface area contributed by atoms with E-state index in [-0.39, 0.29) is 11.6 Å². The third-order valence-corrected chi connectivity index (χ3v) is 3.20. The molecule has 0 unspecified atom stereocenters. The molecule has 1 aliphatic rings. The minimum absolute atomic E-state index is 0.0807. The van der Waals surface area contributed by atoms with Crippen molar-refractivity contribution in [3.8, 4) is 0 Å². The SMILES string of the molecule is O=C(c1cc(Br)cc([N+](=O)[O-])c1)N1CCNCC1. The zero-order chi connectivity index (χ0) is 13.1. The number of non-ortho nitro benzene ring substituents is 1. The Kier molecular flexibility index (Phi) is 3.93. The molecule has 2 rings (SSSR count). The van der Waals surface area contributed by atoms with Gasteiger partial charge in [0.05, 0.1) is 4.92 Å². The lowest BCUT2D eigenvalue weighted by molar-refractivity contribution is -0.385. The molecule has 1 amide bonds. The first-order valence-corrected chi connectivity index (χ1v) is 6.32. The molecule has 0 spiro atoms. The summed E-state index contributed by atoms with van der Waals surface area (Å²) in [6.45, 7) is 2.75. The quantitative estimate of drug-likeness (QED) is 0.661. The molecule has 1 aromatic rings. The summed E-state index contributed by atoms with van der Waals surface area (Å²) >= 11 is 3.19. The number of nitro benzene ring substituents is 1. The van der Waals surface area contributed by atoms with Gasteiger partial charge in [-0.05, 0) is 6.07 Å². The van der Waals surface area contributed by atoms with Gasteiger partial charge in [0.25, 0.3) is 11.6 Å². The van der Waals surface area contributed by atoms with Gasteiger partial charge in [0.2, 0.25) is 0 Å². The first kappa shape index (κ1) is 13.0. The minimum Gasteiger partial charge on any atom is -0.336 e. The fraction of sp³-hybridized carbons (Fsp3) is 0.364. The third-order valence-electron chi connectivity index (χ3n) is 2.74. The predicted octanol–water partition coefficient (Wildman–Crippen LogP) is 1.40. The average molecular weight is 314 g/mol. The summed E-state index contributed by atoms with van der Waals surface area (Å²) in [5, 5.41) is 13.9. The fourth-order valence-corrected chi connectivity index (χ4v) is 2.33. The molecule has 96 valence electrons. The Labute approximate surface area is 112 Å². The van der Waals surface area contributed by atoms with Gasteiger partial charge in [0.1, 0.15) is 0 Å². The Hall–Kier alpha value is -1.47. The highest BCUT2D eigenvalue weighted by molar-refractivity contribution is 9.10. The van der Waals surface area contributed by atoms with E-state index in [1.54, 1.807) is 11.0 Å². The molecule has 0 aliphatic carbocycles. The van der Waals surface area contributed by atoms with Crippen molar-refractivity contribution in [1.29, 1.82) is 0 Å². The highest BCUT2D eigenvalue weighted by Crippen LogP contribution is 2.22. The number of hydrogen-bond donors (Lipinski definition) is 1. The Balaban J connectivity index is 2.26. The van der Waals surface area contributed by atoms with Gasteiger partial charge in [-0.3, -0.25) is 14.9 Å². The monoisotopic (exact) mass is 313 g/mol. The van der Waals surface area contributed by atoms with E-state index in [0.717, 1.165) is 13.1 Å². The Morgan fingerprint density at radius 3 is 2.61 bits per heavy atom. The molecule has 1 aromatic carbocycles. The van der Waals surface area contributed by atoms with Gasteiger partial charge in [-0.25, -0.2) is 0 Å². The lowest BCUT2D eigenvalue weighted by Gasteiger charge is -2.27. The van der Waals surface area contributed by atoms with Crippen LogP contribution in [0.25, 0.3) is 0 Å². The van der Waals surface area contributed by atoms with Gasteiger partial charge in [-0.1, -0.05) is 15.9 Å². The second kappa shape index (κ2) is 5.45. The van der Waals surface area contributed by atoms with Crippen molar-refractivity contribution in [2.75, 3.05) is 26.2 Å². The van der Waals surface area contributed by atoms with E-state index in [4.69, 9.17) is 0 Å². The summed E-state index contributed by atoms with van der Waals surface area (Å²) in [4.78, 5) is 24.1. The van der Waals surface area contributed by atoms with Crippen molar-refractivity contribution in [1.82, 2.24) is 10.2 Å². The molecule has 6 nitrogen and oxygen atoms in total. The van der Waals surface area contributed by atoms with Gasteiger partial charge in [-0.15, -0.1) is 0 Å². The minimum atomic E-state index is -0.501. The van der Waals surface area contributed by atoms with Gasteiger partial charge < -0.3 is 10.2 Å². The zero-order valence-corrected chi connectivity index (χ0v) is 11.1. The maximum atomic E-state index is 12.2. The standard InChI is InChI=1S/C11H12BrN3O3/c12-9-5-8(6-10(7-9)15(17)18)11(16)14-3-1-13-2-4-14/h5-7,13H,1-4H2. The summed E-state index contributed by atoms with van der Waals surface area (Å²) in [6, 6.07) is 4.31. The van der Waals surface area contributed by atoms with Crippen molar-refractivity contribution in [2.45, 2.75) is 0 Å². The number of rotatable bonds is 2. The summed E-state index contributed by atoms with van der Waals surface area (Å²) in [5.74, 6) is -0.166. The van der Waals surface area contributed by atoms with Crippen LogP contribution in [0.3, 0.4) is 0 Å². The van der Waals surface area contributed by atoms with Gasteiger partial charge >= 0.3 is 0 Å². The zero-order valence-electron chi connectivity index (χ0n) is 9.56. The van der Waals surface area contributed by atoms with Crippen molar-refractivity contribution >= 4 is 27.5 Å². The molecule has 1 aliphatic heterocycles. The summed E-state index contributed by atoms with van der Waals surface area (Å²) in [7, 11) is 0. The van der Waals surface area contributed by atoms with Crippen LogP contribution in [-0.2, 0) is 0 Å². The lowest BCUT2D eigenvalue weighted by Crippen LogP contribution is -2.46. The summed E-state index contributed by atoms with van der Waals surface area (Å²) in [6.07, 6.45) is 0. The fourth-order valence-electron chi connectivity index (χ4n) is 1.85. The predicted molar refractivity (Wildman–Crippen MR) is 69.6 cm³/mol. The van der Waals surface area contributed by atoms with Crippen LogP contribution in [0.1, 0.15) is 10.4 Å². The molecule has 0 saturated carbocycles. The normalized spacial score (nSPS) is 15.5. The van der Waals surface area contributed by atoms with Crippen LogP contribution in [0.2, 0.25) is 0 Å². The molecule has 1 saturated heterocycles. The van der Waals surface area contributed by atoms with Crippen LogP contribution in [-0.4, -0.2) is 41.9 Å². The van der Waals surface area contributed by atoms with Crippen molar-refractivity contribution in [3.63, 3.8) is 0 Å². The van der Waals surface area contributed by atoms with E-state index in [9.17, 15) is 14.9 Å². The molecule has 0 aromatic heterocycles. The molecular weight excluding hydrogens is 302 g/mol. The molecule has 18 heavy (non-hydrogen) atoms. The maximum Gasteiger partial charge on any atom is 0.271 e.